The van der Waals surface area contributed by atoms with Gasteiger partial charge in [-0.2, -0.15) is 0 Å². The fourth-order valence-corrected chi connectivity index (χ4v) is 2.33. The average molecular weight is 323 g/mol. The largest absolute Gasteiger partial charge is 0.480 e. The van der Waals surface area contributed by atoms with Crippen molar-refractivity contribution >= 4 is 38.5 Å². The Labute approximate surface area is 120 Å². The summed E-state index contributed by atoms with van der Waals surface area (Å²) in [4.78, 5) is 15.5. The minimum atomic E-state index is -0.837. The number of aromatic nitrogens is 1. The van der Waals surface area contributed by atoms with Crippen LogP contribution in [0.1, 0.15) is 19.8 Å². The Morgan fingerprint density at radius 1 is 1.53 bits per heavy atom. The van der Waals surface area contributed by atoms with Crippen LogP contribution in [-0.2, 0) is 4.79 Å². The Balaban J connectivity index is 2.36. The van der Waals surface area contributed by atoms with E-state index in [9.17, 15) is 9.90 Å². The Hall–Kier alpha value is -1.62. The number of fused-ring (bicyclic) bond motifs is 1. The van der Waals surface area contributed by atoms with Crippen LogP contribution in [0.5, 0.6) is 0 Å². The average Bonchev–Trinajstić information content (AvgIpc) is 2.37. The van der Waals surface area contributed by atoms with Gasteiger partial charge in [-0.05, 0) is 34.5 Å². The van der Waals surface area contributed by atoms with Crippen molar-refractivity contribution in [1.29, 1.82) is 0 Å². The lowest BCUT2D eigenvalue weighted by molar-refractivity contribution is -0.138. The minimum absolute atomic E-state index is 0.582. The molecule has 0 saturated heterocycles. The van der Waals surface area contributed by atoms with E-state index in [1.165, 1.54) is 0 Å². The molecule has 2 aromatic rings. The molecular formula is C14H15BrN2O2. The van der Waals surface area contributed by atoms with Gasteiger partial charge in [0.05, 0.1) is 11.2 Å². The third-order valence-electron chi connectivity index (χ3n) is 2.88. The summed E-state index contributed by atoms with van der Waals surface area (Å²) in [6, 6.07) is 7.08. The summed E-state index contributed by atoms with van der Waals surface area (Å²) in [6.07, 6.45) is 3.11. The van der Waals surface area contributed by atoms with Crippen molar-refractivity contribution in [2.75, 3.05) is 5.32 Å². The monoisotopic (exact) mass is 322 g/mol. The predicted octanol–water partition coefficient (Wildman–Crippen LogP) is 3.66. The number of anilines is 1. The van der Waals surface area contributed by atoms with Crippen LogP contribution >= 0.6 is 15.9 Å². The molecule has 0 aliphatic heterocycles. The highest BCUT2D eigenvalue weighted by Crippen LogP contribution is 2.24. The lowest BCUT2D eigenvalue weighted by atomic mass is 10.1. The van der Waals surface area contributed by atoms with E-state index in [2.05, 4.69) is 26.2 Å². The first-order valence-corrected chi connectivity index (χ1v) is 6.94. The zero-order valence-corrected chi connectivity index (χ0v) is 12.1. The molecule has 1 aromatic heterocycles. The van der Waals surface area contributed by atoms with Gasteiger partial charge in [0, 0.05) is 16.1 Å². The summed E-state index contributed by atoms with van der Waals surface area (Å²) in [5.74, 6) is -0.837. The van der Waals surface area contributed by atoms with Crippen molar-refractivity contribution in [1.82, 2.24) is 4.98 Å². The van der Waals surface area contributed by atoms with Crippen LogP contribution in [0.25, 0.3) is 10.9 Å². The van der Waals surface area contributed by atoms with Gasteiger partial charge >= 0.3 is 5.97 Å². The van der Waals surface area contributed by atoms with Gasteiger partial charge < -0.3 is 10.4 Å². The maximum atomic E-state index is 11.2. The topological polar surface area (TPSA) is 62.2 Å². The molecule has 19 heavy (non-hydrogen) atoms. The molecule has 100 valence electrons. The highest BCUT2D eigenvalue weighted by molar-refractivity contribution is 9.10. The van der Waals surface area contributed by atoms with Crippen molar-refractivity contribution in [3.8, 4) is 0 Å². The van der Waals surface area contributed by atoms with Crippen molar-refractivity contribution in [3.05, 3.63) is 34.9 Å². The molecular weight excluding hydrogens is 308 g/mol. The van der Waals surface area contributed by atoms with Crippen molar-refractivity contribution in [2.45, 2.75) is 25.8 Å². The van der Waals surface area contributed by atoms with Crippen LogP contribution in [-0.4, -0.2) is 22.1 Å². The number of hydrogen-bond donors (Lipinski definition) is 2. The molecule has 0 saturated carbocycles. The summed E-state index contributed by atoms with van der Waals surface area (Å²) in [7, 11) is 0. The predicted molar refractivity (Wildman–Crippen MR) is 79.4 cm³/mol. The standard InChI is InChI=1S/C14H15BrN2O2/c1-2-4-12(14(18)19)17-11-6-3-5-9-7-10(15)8-16-13(9)11/h3,5-8,12,17H,2,4H2,1H3,(H,18,19). The van der Waals surface area contributed by atoms with Gasteiger partial charge in [-0.3, -0.25) is 4.98 Å². The fourth-order valence-electron chi connectivity index (χ4n) is 1.98. The van der Waals surface area contributed by atoms with E-state index in [1.54, 1.807) is 6.20 Å². The first kappa shape index (κ1) is 13.8. The summed E-state index contributed by atoms with van der Waals surface area (Å²) in [6.45, 7) is 1.97. The first-order chi connectivity index (χ1) is 9.11. The number of nitrogens with one attached hydrogen (secondary N) is 1. The number of pyridine rings is 1. The molecule has 2 N–H and O–H groups in total. The van der Waals surface area contributed by atoms with Crippen molar-refractivity contribution in [3.63, 3.8) is 0 Å². The number of hydrogen-bond acceptors (Lipinski definition) is 3. The van der Waals surface area contributed by atoms with E-state index in [1.807, 2.05) is 31.2 Å². The van der Waals surface area contributed by atoms with E-state index in [-0.39, 0.29) is 0 Å². The second-order valence-electron chi connectivity index (χ2n) is 4.35. The maximum Gasteiger partial charge on any atom is 0.326 e. The number of aliphatic carboxylic acids is 1. The molecule has 0 amide bonds. The van der Waals surface area contributed by atoms with E-state index < -0.39 is 12.0 Å². The number of halogens is 1. The maximum absolute atomic E-state index is 11.2. The van der Waals surface area contributed by atoms with Crippen LogP contribution in [0, 0.1) is 0 Å². The minimum Gasteiger partial charge on any atom is -0.480 e. The van der Waals surface area contributed by atoms with Gasteiger partial charge in [0.15, 0.2) is 0 Å². The number of carbonyl (C=O) groups is 1. The van der Waals surface area contributed by atoms with Gasteiger partial charge in [-0.1, -0.05) is 25.5 Å². The molecule has 0 spiro atoms. The van der Waals surface area contributed by atoms with Gasteiger partial charge in [-0.25, -0.2) is 4.79 Å². The van der Waals surface area contributed by atoms with Crippen molar-refractivity contribution in [2.24, 2.45) is 0 Å². The molecule has 0 aliphatic rings. The molecule has 4 nitrogen and oxygen atoms in total. The highest BCUT2D eigenvalue weighted by atomic mass is 79.9. The Morgan fingerprint density at radius 2 is 2.32 bits per heavy atom. The SMILES string of the molecule is CCCC(Nc1cccc2cc(Br)cnc12)C(=O)O. The zero-order chi connectivity index (χ0) is 13.8. The van der Waals surface area contributed by atoms with Crippen LogP contribution < -0.4 is 5.32 Å². The van der Waals surface area contributed by atoms with E-state index in [0.717, 1.165) is 27.5 Å². The second kappa shape index (κ2) is 6.02. The molecule has 1 unspecified atom stereocenters. The number of carboxylic acids is 1. The number of nitrogens with zero attached hydrogens (tertiary/aromatic N) is 1. The van der Waals surface area contributed by atoms with Crippen LogP contribution in [0.2, 0.25) is 0 Å². The molecule has 0 radical (unpaired) electrons. The smallest absolute Gasteiger partial charge is 0.326 e. The summed E-state index contributed by atoms with van der Waals surface area (Å²) >= 11 is 3.38. The molecule has 0 fully saturated rings. The third-order valence-corrected chi connectivity index (χ3v) is 3.32. The molecule has 1 atom stereocenters. The lowest BCUT2D eigenvalue weighted by Crippen LogP contribution is -2.29. The van der Waals surface area contributed by atoms with E-state index in [0.29, 0.717) is 6.42 Å². The Kier molecular flexibility index (Phi) is 4.37. The Bertz CT molecular complexity index is 601. The Morgan fingerprint density at radius 3 is 3.00 bits per heavy atom. The van der Waals surface area contributed by atoms with E-state index in [4.69, 9.17) is 0 Å². The van der Waals surface area contributed by atoms with Crippen LogP contribution in [0.3, 0.4) is 0 Å². The van der Waals surface area contributed by atoms with Crippen molar-refractivity contribution < 1.29 is 9.90 Å². The summed E-state index contributed by atoms with van der Waals surface area (Å²) in [5.41, 5.74) is 1.54. The number of carboxylic acid groups (broad SMARTS) is 1. The first-order valence-electron chi connectivity index (χ1n) is 6.15. The highest BCUT2D eigenvalue weighted by Gasteiger charge is 2.17. The molecule has 0 aliphatic carbocycles. The number of rotatable bonds is 5. The van der Waals surface area contributed by atoms with Crippen LogP contribution in [0.4, 0.5) is 5.69 Å². The molecule has 5 heteroatoms. The molecule has 0 bridgehead atoms. The van der Waals surface area contributed by atoms with Gasteiger partial charge in [0.1, 0.15) is 6.04 Å². The van der Waals surface area contributed by atoms with Gasteiger partial charge in [0.25, 0.3) is 0 Å². The molecule has 2 rings (SSSR count). The van der Waals surface area contributed by atoms with Gasteiger partial charge in [0.2, 0.25) is 0 Å². The summed E-state index contributed by atoms with van der Waals surface area (Å²) in [5, 5.41) is 13.2. The number of benzene rings is 1. The number of para-hydroxylation sites is 1. The normalized spacial score (nSPS) is 12.3. The quantitative estimate of drug-likeness (QED) is 0.881. The third kappa shape index (κ3) is 3.23. The fraction of sp³-hybridized carbons (Fsp3) is 0.286. The van der Waals surface area contributed by atoms with Crippen LogP contribution in [0.15, 0.2) is 34.9 Å². The lowest BCUT2D eigenvalue weighted by Gasteiger charge is -2.16. The molecule has 1 heterocycles. The molecule has 1 aromatic carbocycles. The van der Waals surface area contributed by atoms with E-state index >= 15 is 0 Å². The van der Waals surface area contributed by atoms with Gasteiger partial charge in [-0.15, -0.1) is 0 Å². The summed E-state index contributed by atoms with van der Waals surface area (Å²) < 4.78 is 0.903. The second-order valence-corrected chi connectivity index (χ2v) is 5.27. The zero-order valence-electron chi connectivity index (χ0n) is 10.6.